The monoisotopic (exact) mass is 166 g/mol. The lowest BCUT2D eigenvalue weighted by Crippen LogP contribution is -2.56. The van der Waals surface area contributed by atoms with Gasteiger partial charge in [-0.3, -0.25) is 9.69 Å². The Morgan fingerprint density at radius 3 is 3.08 bits per heavy atom. The number of carbonyl (C=O) groups excluding carboxylic acids is 1. The van der Waals surface area contributed by atoms with Crippen LogP contribution in [-0.4, -0.2) is 47.9 Å². The fraction of sp³-hybridized carbons (Fsp3) is 0.889. The summed E-state index contributed by atoms with van der Waals surface area (Å²) in [6, 6.07) is 1.11. The minimum Gasteiger partial charge on any atom is -0.336 e. The predicted octanol–water partition coefficient (Wildman–Crippen LogP) is -0.0788. The molecule has 0 spiro atoms. The molecule has 3 heterocycles. The summed E-state index contributed by atoms with van der Waals surface area (Å²) in [5.74, 6) is 0.818. The zero-order valence-corrected chi connectivity index (χ0v) is 7.15. The molecule has 3 aliphatic heterocycles. The van der Waals surface area contributed by atoms with Gasteiger partial charge in [0.1, 0.15) is 0 Å². The Balaban J connectivity index is 1.94. The lowest BCUT2D eigenvalue weighted by molar-refractivity contribution is -0.124. The van der Waals surface area contributed by atoms with Gasteiger partial charge in [-0.1, -0.05) is 0 Å². The first kappa shape index (κ1) is 6.89. The Morgan fingerprint density at radius 1 is 1.33 bits per heavy atom. The van der Waals surface area contributed by atoms with Gasteiger partial charge in [0, 0.05) is 25.2 Å². The molecule has 3 heteroatoms. The van der Waals surface area contributed by atoms with Gasteiger partial charge in [0.2, 0.25) is 6.41 Å². The highest BCUT2D eigenvalue weighted by Gasteiger charge is 2.47. The van der Waals surface area contributed by atoms with Gasteiger partial charge in [-0.2, -0.15) is 0 Å². The quantitative estimate of drug-likeness (QED) is 0.509. The van der Waals surface area contributed by atoms with Gasteiger partial charge in [-0.05, 0) is 25.3 Å². The molecule has 0 aromatic rings. The highest BCUT2D eigenvalue weighted by Crippen LogP contribution is 2.39. The Labute approximate surface area is 72.3 Å². The maximum Gasteiger partial charge on any atom is 0.210 e. The first-order valence-corrected chi connectivity index (χ1v) is 4.83. The van der Waals surface area contributed by atoms with Crippen molar-refractivity contribution in [2.45, 2.75) is 24.9 Å². The van der Waals surface area contributed by atoms with Crippen molar-refractivity contribution in [3.63, 3.8) is 0 Å². The van der Waals surface area contributed by atoms with Crippen LogP contribution in [0.15, 0.2) is 0 Å². The van der Waals surface area contributed by atoms with Crippen molar-refractivity contribution in [1.82, 2.24) is 9.80 Å². The fourth-order valence-corrected chi connectivity index (χ4v) is 3.20. The van der Waals surface area contributed by atoms with Gasteiger partial charge in [-0.25, -0.2) is 0 Å². The average molecular weight is 166 g/mol. The fourth-order valence-electron chi connectivity index (χ4n) is 3.20. The van der Waals surface area contributed by atoms with E-state index in [9.17, 15) is 4.79 Å². The van der Waals surface area contributed by atoms with Gasteiger partial charge >= 0.3 is 0 Å². The predicted molar refractivity (Wildman–Crippen MR) is 44.6 cm³/mol. The number of piperazine rings is 1. The Bertz CT molecular complexity index is 215. The van der Waals surface area contributed by atoms with Crippen LogP contribution in [0.5, 0.6) is 0 Å². The van der Waals surface area contributed by atoms with Gasteiger partial charge in [0.05, 0.1) is 0 Å². The summed E-state index contributed by atoms with van der Waals surface area (Å²) in [7, 11) is 0. The molecule has 3 aliphatic rings. The minimum atomic E-state index is 0.550. The Hall–Kier alpha value is -0.570. The molecule has 0 saturated carbocycles. The van der Waals surface area contributed by atoms with Crippen LogP contribution in [0, 0.1) is 5.92 Å². The second-order valence-corrected chi connectivity index (χ2v) is 4.32. The first-order chi connectivity index (χ1) is 5.88. The van der Waals surface area contributed by atoms with E-state index >= 15 is 0 Å². The van der Waals surface area contributed by atoms with Crippen molar-refractivity contribution >= 4 is 6.41 Å². The standard InChI is InChI=1S/C9H14N2O/c12-6-11-8-3-7-1-2-10(4-8)5-9(7)11/h6-9H,1-5H2/t7-,8-,9-/m1/s1. The van der Waals surface area contributed by atoms with E-state index in [0.29, 0.717) is 12.1 Å². The molecule has 0 aromatic heterocycles. The molecule has 66 valence electrons. The second kappa shape index (κ2) is 2.22. The number of rotatable bonds is 1. The number of carbonyl (C=O) groups is 1. The third kappa shape index (κ3) is 0.724. The van der Waals surface area contributed by atoms with Crippen LogP contribution < -0.4 is 0 Å². The summed E-state index contributed by atoms with van der Waals surface area (Å²) in [4.78, 5) is 15.4. The molecule has 0 radical (unpaired) electrons. The van der Waals surface area contributed by atoms with Crippen LogP contribution in [0.2, 0.25) is 0 Å². The Morgan fingerprint density at radius 2 is 2.25 bits per heavy atom. The highest BCUT2D eigenvalue weighted by atomic mass is 16.1. The van der Waals surface area contributed by atoms with Crippen molar-refractivity contribution in [2.24, 2.45) is 5.92 Å². The molecule has 3 saturated heterocycles. The molecule has 0 N–H and O–H groups in total. The summed E-state index contributed by atoms with van der Waals surface area (Å²) < 4.78 is 0. The van der Waals surface area contributed by atoms with E-state index in [4.69, 9.17) is 0 Å². The maximum absolute atomic E-state index is 10.8. The minimum absolute atomic E-state index is 0.550. The topological polar surface area (TPSA) is 23.6 Å². The van der Waals surface area contributed by atoms with E-state index in [1.165, 1.54) is 19.4 Å². The van der Waals surface area contributed by atoms with E-state index < -0.39 is 0 Å². The molecule has 1 amide bonds. The van der Waals surface area contributed by atoms with E-state index in [0.717, 1.165) is 25.4 Å². The van der Waals surface area contributed by atoms with Crippen LogP contribution in [0.1, 0.15) is 12.8 Å². The maximum atomic E-state index is 10.8. The van der Waals surface area contributed by atoms with E-state index in [1.54, 1.807) is 0 Å². The van der Waals surface area contributed by atoms with Crippen molar-refractivity contribution in [2.75, 3.05) is 19.6 Å². The van der Waals surface area contributed by atoms with E-state index in [2.05, 4.69) is 9.80 Å². The molecule has 3 nitrogen and oxygen atoms in total. The molecule has 12 heavy (non-hydrogen) atoms. The molecular weight excluding hydrogens is 152 g/mol. The SMILES string of the molecule is O=CN1[C@@H]2C[C@H]3CCN(C2)C[C@H]31. The molecule has 4 atom stereocenters. The number of piperidine rings is 1. The van der Waals surface area contributed by atoms with Gasteiger partial charge in [-0.15, -0.1) is 0 Å². The number of hydrogen-bond donors (Lipinski definition) is 0. The highest BCUT2D eigenvalue weighted by molar-refractivity contribution is 5.50. The first-order valence-electron chi connectivity index (χ1n) is 4.83. The number of hydrogen-bond acceptors (Lipinski definition) is 2. The van der Waals surface area contributed by atoms with Gasteiger partial charge in [0.15, 0.2) is 0 Å². The van der Waals surface area contributed by atoms with Crippen molar-refractivity contribution in [3.05, 3.63) is 0 Å². The Kier molecular flexibility index (Phi) is 1.28. The van der Waals surface area contributed by atoms with Crippen LogP contribution in [0.3, 0.4) is 0 Å². The summed E-state index contributed by atoms with van der Waals surface area (Å²) in [5.41, 5.74) is 0. The summed E-state index contributed by atoms with van der Waals surface area (Å²) in [6.07, 6.45) is 3.64. The number of amides is 1. The van der Waals surface area contributed by atoms with Gasteiger partial charge in [0.25, 0.3) is 0 Å². The van der Waals surface area contributed by atoms with Crippen LogP contribution >= 0.6 is 0 Å². The largest absolute Gasteiger partial charge is 0.336 e. The van der Waals surface area contributed by atoms with E-state index in [-0.39, 0.29) is 0 Å². The third-order valence-corrected chi connectivity index (χ3v) is 3.78. The van der Waals surface area contributed by atoms with Crippen molar-refractivity contribution in [1.29, 1.82) is 0 Å². The number of fused-ring (bicyclic) bond motifs is 2. The van der Waals surface area contributed by atoms with Crippen molar-refractivity contribution in [3.8, 4) is 0 Å². The van der Waals surface area contributed by atoms with Crippen LogP contribution in [-0.2, 0) is 4.79 Å². The molecular formula is C9H14N2O. The average Bonchev–Trinajstić information content (AvgIpc) is 2.24. The second-order valence-electron chi connectivity index (χ2n) is 4.32. The molecule has 1 unspecified atom stereocenters. The lowest BCUT2D eigenvalue weighted by Gasteiger charge is -2.43. The lowest BCUT2D eigenvalue weighted by atomic mass is 9.93. The molecule has 3 bridgehead atoms. The smallest absolute Gasteiger partial charge is 0.210 e. The van der Waals surface area contributed by atoms with Gasteiger partial charge < -0.3 is 4.90 Å². The summed E-state index contributed by atoms with van der Waals surface area (Å²) in [6.45, 7) is 3.54. The molecule has 3 fully saturated rings. The zero-order chi connectivity index (χ0) is 8.13. The van der Waals surface area contributed by atoms with Crippen molar-refractivity contribution < 1.29 is 4.79 Å². The summed E-state index contributed by atoms with van der Waals surface area (Å²) in [5, 5.41) is 0. The molecule has 0 aromatic carbocycles. The normalized spacial score (nSPS) is 49.8. The zero-order valence-electron chi connectivity index (χ0n) is 7.15. The van der Waals surface area contributed by atoms with Crippen LogP contribution in [0.25, 0.3) is 0 Å². The van der Waals surface area contributed by atoms with E-state index in [1.807, 2.05) is 0 Å². The van der Waals surface area contributed by atoms with Crippen LogP contribution in [0.4, 0.5) is 0 Å². The molecule has 3 rings (SSSR count). The number of nitrogens with zero attached hydrogens (tertiary/aromatic N) is 2. The summed E-state index contributed by atoms with van der Waals surface area (Å²) >= 11 is 0. The molecule has 0 aliphatic carbocycles. The third-order valence-electron chi connectivity index (χ3n) is 3.78.